The summed E-state index contributed by atoms with van der Waals surface area (Å²) in [5.41, 5.74) is -1.94. The monoisotopic (exact) mass is 460 g/mol. The molecule has 1 aliphatic rings. The summed E-state index contributed by atoms with van der Waals surface area (Å²) >= 11 is 0. The molecule has 3 heterocycles. The number of aromatic nitrogens is 2. The van der Waals surface area contributed by atoms with Gasteiger partial charge in [0.05, 0.1) is 11.1 Å². The van der Waals surface area contributed by atoms with Crippen LogP contribution in [0.2, 0.25) is 0 Å². The number of hydrogen-bond donors (Lipinski definition) is 1. The lowest BCUT2D eigenvalue weighted by atomic mass is 10.00. The maximum atomic E-state index is 15.1. The molecule has 0 bridgehead atoms. The van der Waals surface area contributed by atoms with Gasteiger partial charge >= 0.3 is 5.97 Å². The molecule has 1 aliphatic heterocycles. The summed E-state index contributed by atoms with van der Waals surface area (Å²) in [6.45, 7) is 3.17. The van der Waals surface area contributed by atoms with Crippen LogP contribution < -0.4 is 10.3 Å². The highest BCUT2D eigenvalue weighted by atomic mass is 19.1. The van der Waals surface area contributed by atoms with Crippen molar-refractivity contribution in [3.8, 4) is 5.69 Å². The van der Waals surface area contributed by atoms with Gasteiger partial charge in [0, 0.05) is 31.4 Å². The lowest BCUT2D eigenvalue weighted by Crippen LogP contribution is -2.34. The van der Waals surface area contributed by atoms with Gasteiger partial charge in [-0.05, 0) is 51.6 Å². The third kappa shape index (κ3) is 4.06. The Hall–Kier alpha value is -3.40. The van der Waals surface area contributed by atoms with Gasteiger partial charge in [-0.2, -0.15) is 0 Å². The van der Waals surface area contributed by atoms with Gasteiger partial charge in [-0.1, -0.05) is 0 Å². The first-order valence-electron chi connectivity index (χ1n) is 10.4. The van der Waals surface area contributed by atoms with E-state index in [0.717, 1.165) is 35.4 Å². The number of anilines is 1. The zero-order valence-electron chi connectivity index (χ0n) is 18.3. The first kappa shape index (κ1) is 22.8. The topological polar surface area (TPSA) is 78.7 Å². The quantitative estimate of drug-likeness (QED) is 0.630. The van der Waals surface area contributed by atoms with E-state index in [9.17, 15) is 23.5 Å². The summed E-state index contributed by atoms with van der Waals surface area (Å²) < 4.78 is 44.2. The van der Waals surface area contributed by atoms with Gasteiger partial charge < -0.3 is 14.9 Å². The average Bonchev–Trinajstić information content (AvgIpc) is 3.23. The molecule has 2 atom stereocenters. The fourth-order valence-corrected chi connectivity index (χ4v) is 4.24. The van der Waals surface area contributed by atoms with Crippen LogP contribution in [0.3, 0.4) is 0 Å². The van der Waals surface area contributed by atoms with Crippen LogP contribution in [-0.2, 0) is 0 Å². The van der Waals surface area contributed by atoms with Crippen LogP contribution in [0.4, 0.5) is 19.0 Å². The molecule has 10 heteroatoms. The van der Waals surface area contributed by atoms with Crippen molar-refractivity contribution in [2.75, 3.05) is 32.1 Å². The molecule has 3 aromatic rings. The minimum atomic E-state index is -1.55. The number of nitrogens with zero attached hydrogens (tertiary/aromatic N) is 4. The molecule has 7 nitrogen and oxygen atoms in total. The van der Waals surface area contributed by atoms with E-state index in [4.69, 9.17) is 0 Å². The number of fused-ring (bicyclic) bond motifs is 1. The molecule has 1 N–H and O–H groups in total. The molecule has 1 fully saturated rings. The van der Waals surface area contributed by atoms with Crippen molar-refractivity contribution in [3.63, 3.8) is 0 Å². The van der Waals surface area contributed by atoms with Crippen molar-refractivity contribution >= 4 is 22.8 Å². The molecule has 2 aromatic heterocycles. The first-order valence-corrected chi connectivity index (χ1v) is 10.4. The minimum Gasteiger partial charge on any atom is -0.477 e. The van der Waals surface area contributed by atoms with Crippen LogP contribution in [0.25, 0.3) is 16.7 Å². The first-order chi connectivity index (χ1) is 15.6. The number of carbonyl (C=O) groups is 1. The van der Waals surface area contributed by atoms with Gasteiger partial charge in [-0.25, -0.2) is 22.9 Å². The van der Waals surface area contributed by atoms with E-state index in [1.54, 1.807) is 4.90 Å². The zero-order valence-corrected chi connectivity index (χ0v) is 18.3. The summed E-state index contributed by atoms with van der Waals surface area (Å²) in [5, 5.41) is 9.13. The normalized spacial score (nSPS) is 17.2. The van der Waals surface area contributed by atoms with Crippen molar-refractivity contribution in [3.05, 3.63) is 63.7 Å². The summed E-state index contributed by atoms with van der Waals surface area (Å²) in [4.78, 5) is 32.5. The maximum Gasteiger partial charge on any atom is 0.341 e. The minimum absolute atomic E-state index is 0.00491. The van der Waals surface area contributed by atoms with E-state index >= 15 is 4.39 Å². The average molecular weight is 460 g/mol. The van der Waals surface area contributed by atoms with Gasteiger partial charge in [0.25, 0.3) is 0 Å². The molecule has 0 amide bonds. The van der Waals surface area contributed by atoms with Gasteiger partial charge in [0.15, 0.2) is 17.3 Å². The van der Waals surface area contributed by atoms with Gasteiger partial charge in [0.1, 0.15) is 17.2 Å². The van der Waals surface area contributed by atoms with E-state index < -0.39 is 34.4 Å². The second-order valence-electron chi connectivity index (χ2n) is 8.51. The van der Waals surface area contributed by atoms with E-state index in [1.165, 1.54) is 0 Å². The fraction of sp³-hybridized carbons (Fsp3) is 0.348. The predicted octanol–water partition coefficient (Wildman–Crippen LogP) is 3.28. The van der Waals surface area contributed by atoms with Crippen molar-refractivity contribution < 1.29 is 23.1 Å². The van der Waals surface area contributed by atoms with E-state index in [2.05, 4.69) is 16.8 Å². The lowest BCUT2D eigenvalue weighted by Gasteiger charge is -2.26. The van der Waals surface area contributed by atoms with Gasteiger partial charge in [-0.3, -0.25) is 9.36 Å². The number of carboxylic acids is 1. The molecule has 33 heavy (non-hydrogen) atoms. The largest absolute Gasteiger partial charge is 0.477 e. The SMILES string of the molecule is C[C@@H]([C@@H]1CCN(c2nc3c(cc2F)c(=O)c(C(=O)O)cn3-c2ccc(F)cc2F)C1)N(C)C. The number of pyridine rings is 2. The van der Waals surface area contributed by atoms with Crippen LogP contribution in [0.15, 0.2) is 35.3 Å². The molecule has 0 unspecified atom stereocenters. The smallest absolute Gasteiger partial charge is 0.341 e. The summed E-state index contributed by atoms with van der Waals surface area (Å²) in [7, 11) is 3.94. The number of carboxylic acid groups (broad SMARTS) is 1. The Labute approximate surface area is 187 Å². The van der Waals surface area contributed by atoms with Gasteiger partial charge in [-0.15, -0.1) is 0 Å². The Kier molecular flexibility index (Phi) is 5.87. The number of rotatable bonds is 5. The number of halogens is 3. The lowest BCUT2D eigenvalue weighted by molar-refractivity contribution is 0.0695. The summed E-state index contributed by atoms with van der Waals surface area (Å²) in [6, 6.07) is 3.93. The molecular formula is C23H23F3N4O3. The van der Waals surface area contributed by atoms with Gasteiger partial charge in [0.2, 0.25) is 5.43 Å². The standard InChI is InChI=1S/C23H23F3N4O3/c1-12(28(2)3)13-6-7-29(10-13)22-18(26)9-15-20(31)16(23(32)33)11-30(21(15)27-22)19-5-4-14(24)8-17(19)25/h4-5,8-9,11-13H,6-7,10H2,1-3H3,(H,32,33)/t12-,13+/m0/s1. The fourth-order valence-electron chi connectivity index (χ4n) is 4.24. The molecule has 0 radical (unpaired) electrons. The molecule has 174 valence electrons. The molecule has 4 rings (SSSR count). The Balaban J connectivity index is 1.91. The molecule has 1 saturated heterocycles. The Morgan fingerprint density at radius 2 is 1.94 bits per heavy atom. The van der Waals surface area contributed by atoms with E-state index in [0.29, 0.717) is 19.2 Å². The molecule has 0 spiro atoms. The Bertz CT molecular complexity index is 1310. The highest BCUT2D eigenvalue weighted by Crippen LogP contribution is 2.30. The predicted molar refractivity (Wildman–Crippen MR) is 118 cm³/mol. The maximum absolute atomic E-state index is 15.1. The van der Waals surface area contributed by atoms with Crippen molar-refractivity contribution in [1.29, 1.82) is 0 Å². The van der Waals surface area contributed by atoms with Crippen molar-refractivity contribution in [1.82, 2.24) is 14.5 Å². The van der Waals surface area contributed by atoms with Crippen molar-refractivity contribution in [2.24, 2.45) is 5.92 Å². The Morgan fingerprint density at radius 3 is 2.58 bits per heavy atom. The van der Waals surface area contributed by atoms with E-state index in [-0.39, 0.29) is 34.5 Å². The van der Waals surface area contributed by atoms with E-state index in [1.807, 2.05) is 14.1 Å². The molecule has 0 aliphatic carbocycles. The summed E-state index contributed by atoms with van der Waals surface area (Å²) in [6.07, 6.45) is 1.74. The molecule has 1 aromatic carbocycles. The number of benzene rings is 1. The van der Waals surface area contributed by atoms with Crippen LogP contribution in [-0.4, -0.2) is 58.8 Å². The third-order valence-electron chi connectivity index (χ3n) is 6.33. The van der Waals surface area contributed by atoms with Crippen molar-refractivity contribution in [2.45, 2.75) is 19.4 Å². The highest BCUT2D eigenvalue weighted by Gasteiger charge is 2.31. The van der Waals surface area contributed by atoms with Crippen LogP contribution in [0, 0.1) is 23.4 Å². The second kappa shape index (κ2) is 8.51. The second-order valence-corrected chi connectivity index (χ2v) is 8.51. The van der Waals surface area contributed by atoms with Crippen LogP contribution >= 0.6 is 0 Å². The molecule has 0 saturated carbocycles. The van der Waals surface area contributed by atoms with Crippen LogP contribution in [0.5, 0.6) is 0 Å². The summed E-state index contributed by atoms with van der Waals surface area (Å²) in [5.74, 6) is -3.87. The van der Waals surface area contributed by atoms with Crippen LogP contribution in [0.1, 0.15) is 23.7 Å². The third-order valence-corrected chi connectivity index (χ3v) is 6.33. The molecular weight excluding hydrogens is 437 g/mol. The highest BCUT2D eigenvalue weighted by molar-refractivity contribution is 5.92. The zero-order chi connectivity index (χ0) is 24.0. The number of aromatic carboxylic acids is 1. The number of hydrogen-bond acceptors (Lipinski definition) is 5. The Morgan fingerprint density at radius 1 is 1.21 bits per heavy atom.